The molecule has 0 radical (unpaired) electrons. The summed E-state index contributed by atoms with van der Waals surface area (Å²) in [5.74, 6) is -4.83. The van der Waals surface area contributed by atoms with E-state index in [1.165, 1.54) is 18.7 Å². The molecule has 1 fully saturated rings. The molecule has 1 aliphatic heterocycles. The van der Waals surface area contributed by atoms with Gasteiger partial charge in [-0.2, -0.15) is 0 Å². The normalized spacial score (nSPS) is 16.3. The lowest BCUT2D eigenvalue weighted by atomic mass is 10.1. The van der Waals surface area contributed by atoms with E-state index in [0.717, 1.165) is 6.42 Å². The van der Waals surface area contributed by atoms with Crippen LogP contribution < -0.4 is 43.4 Å². The maximum atomic E-state index is 12.8. The Morgan fingerprint density at radius 1 is 0.810 bits per heavy atom. The van der Waals surface area contributed by atoms with Crippen LogP contribution in [0.3, 0.4) is 0 Å². The van der Waals surface area contributed by atoms with Crippen molar-refractivity contribution >= 4 is 47.3 Å². The first-order chi connectivity index (χ1) is 19.8. The number of nitrogens with two attached hydrogens (primary N) is 2. The molecular weight excluding hydrogens is 554 g/mol. The van der Waals surface area contributed by atoms with Gasteiger partial charge in [-0.15, -0.1) is 0 Å². The summed E-state index contributed by atoms with van der Waals surface area (Å²) < 4.78 is 0. The van der Waals surface area contributed by atoms with Gasteiger partial charge in [-0.05, 0) is 33.1 Å². The first-order valence-electron chi connectivity index (χ1n) is 13.8. The van der Waals surface area contributed by atoms with Gasteiger partial charge in [-0.1, -0.05) is 19.8 Å². The highest BCUT2D eigenvalue weighted by molar-refractivity contribution is 5.95. The van der Waals surface area contributed by atoms with Crippen molar-refractivity contribution < 1.29 is 38.4 Å². The number of rotatable bonds is 17. The summed E-state index contributed by atoms with van der Waals surface area (Å²) in [4.78, 5) is 98.4. The molecule has 17 heteroatoms. The molecule has 0 unspecified atom stereocenters. The minimum absolute atomic E-state index is 0.281. The van der Waals surface area contributed by atoms with E-state index in [2.05, 4.69) is 31.9 Å². The zero-order valence-corrected chi connectivity index (χ0v) is 24.2. The van der Waals surface area contributed by atoms with Gasteiger partial charge < -0.3 is 48.3 Å². The summed E-state index contributed by atoms with van der Waals surface area (Å²) in [5, 5.41) is 14.5. The fourth-order valence-corrected chi connectivity index (χ4v) is 3.98. The van der Waals surface area contributed by atoms with E-state index < -0.39 is 84.5 Å². The quantitative estimate of drug-likeness (QED) is 0.0801. The summed E-state index contributed by atoms with van der Waals surface area (Å²) in [7, 11) is 0. The maximum Gasteiger partial charge on any atom is 0.243 e. The van der Waals surface area contributed by atoms with Crippen LogP contribution in [-0.2, 0) is 38.4 Å². The number of unbranched alkanes of at least 4 members (excludes halogenated alkanes) is 1. The highest BCUT2D eigenvalue weighted by Gasteiger charge is 2.34. The van der Waals surface area contributed by atoms with Crippen LogP contribution in [-0.4, -0.2) is 109 Å². The lowest BCUT2D eigenvalue weighted by molar-refractivity contribution is -0.139. The smallest absolute Gasteiger partial charge is 0.243 e. The van der Waals surface area contributed by atoms with Crippen molar-refractivity contribution in [2.24, 2.45) is 11.5 Å². The van der Waals surface area contributed by atoms with Crippen molar-refractivity contribution in [3.05, 3.63) is 0 Å². The highest BCUT2D eigenvalue weighted by atomic mass is 16.2. The molecule has 4 atom stereocenters. The van der Waals surface area contributed by atoms with Crippen LogP contribution in [0.1, 0.15) is 52.9 Å². The molecule has 0 aromatic heterocycles. The van der Waals surface area contributed by atoms with Crippen molar-refractivity contribution in [1.29, 1.82) is 0 Å². The topological polar surface area (TPSA) is 264 Å². The average Bonchev–Trinajstić information content (AvgIpc) is 3.45. The van der Waals surface area contributed by atoms with Crippen molar-refractivity contribution in [2.45, 2.75) is 77.0 Å². The molecule has 8 amide bonds. The maximum absolute atomic E-state index is 12.8. The van der Waals surface area contributed by atoms with Gasteiger partial charge in [0.1, 0.15) is 24.2 Å². The van der Waals surface area contributed by atoms with Gasteiger partial charge >= 0.3 is 0 Å². The van der Waals surface area contributed by atoms with Crippen molar-refractivity contribution in [2.75, 3.05) is 32.7 Å². The molecule has 236 valence electrons. The first-order valence-corrected chi connectivity index (χ1v) is 13.8. The van der Waals surface area contributed by atoms with Crippen molar-refractivity contribution in [3.63, 3.8) is 0 Å². The molecule has 0 spiro atoms. The Kier molecular flexibility index (Phi) is 15.5. The molecule has 0 aromatic rings. The van der Waals surface area contributed by atoms with Gasteiger partial charge in [0.25, 0.3) is 0 Å². The number of primary amides is 1. The van der Waals surface area contributed by atoms with E-state index >= 15 is 0 Å². The number of carbonyl (C=O) groups excluding carboxylic acids is 8. The Morgan fingerprint density at radius 3 is 2.02 bits per heavy atom. The standard InChI is InChI=1S/C25H43N9O8/c1-4-5-7-16(24(41)28-11-19(36)31-14(2)22(27)39)33-20(37)12-29-25(42)17-8-6-9-34(17)21(38)13-30-23(40)15(3)32-18(35)10-26/h14-17H,4-13,26H2,1-3H3,(H2,27,39)(H,28,41)(H,29,42)(H,30,40)(H,31,36)(H,32,35)(H,33,37)/t14-,15-,16-,17-/m0/s1. The van der Waals surface area contributed by atoms with Gasteiger partial charge in [0.05, 0.1) is 26.2 Å². The third-order valence-corrected chi connectivity index (χ3v) is 6.39. The third kappa shape index (κ3) is 12.5. The van der Waals surface area contributed by atoms with E-state index in [0.29, 0.717) is 19.3 Å². The first kappa shape index (κ1) is 35.7. The van der Waals surface area contributed by atoms with Crippen LogP contribution in [0.25, 0.3) is 0 Å². The number of hydrogen-bond acceptors (Lipinski definition) is 9. The third-order valence-electron chi connectivity index (χ3n) is 6.39. The molecule has 0 saturated carbocycles. The molecular formula is C25H43N9O8. The highest BCUT2D eigenvalue weighted by Crippen LogP contribution is 2.17. The molecule has 0 bridgehead atoms. The Hall–Kier alpha value is -4.28. The van der Waals surface area contributed by atoms with E-state index in [1.807, 2.05) is 6.92 Å². The number of hydrogen-bond donors (Lipinski definition) is 8. The van der Waals surface area contributed by atoms with E-state index in [4.69, 9.17) is 11.5 Å². The minimum Gasteiger partial charge on any atom is -0.368 e. The average molecular weight is 598 g/mol. The van der Waals surface area contributed by atoms with Gasteiger partial charge in [0.2, 0.25) is 47.3 Å². The molecule has 0 aromatic carbocycles. The fourth-order valence-electron chi connectivity index (χ4n) is 3.98. The number of carbonyl (C=O) groups is 8. The Morgan fingerprint density at radius 2 is 1.40 bits per heavy atom. The zero-order chi connectivity index (χ0) is 31.8. The SMILES string of the molecule is CCCC[C@H](NC(=O)CNC(=O)[C@@H]1CCCN1C(=O)CNC(=O)[C@H](C)NC(=O)CN)C(=O)NCC(=O)N[C@@H](C)C(N)=O. The predicted molar refractivity (Wildman–Crippen MR) is 149 cm³/mol. The van der Waals surface area contributed by atoms with Crippen LogP contribution in [0.5, 0.6) is 0 Å². The van der Waals surface area contributed by atoms with Crippen LogP contribution in [0.4, 0.5) is 0 Å². The summed E-state index contributed by atoms with van der Waals surface area (Å²) >= 11 is 0. The van der Waals surface area contributed by atoms with Crippen LogP contribution in [0, 0.1) is 0 Å². The monoisotopic (exact) mass is 597 g/mol. The number of likely N-dealkylation sites (tertiary alicyclic amines) is 1. The Bertz CT molecular complexity index is 1020. The molecule has 10 N–H and O–H groups in total. The summed E-state index contributed by atoms with van der Waals surface area (Å²) in [5.41, 5.74) is 10.3. The van der Waals surface area contributed by atoms with E-state index in [9.17, 15) is 38.4 Å². The van der Waals surface area contributed by atoms with E-state index in [-0.39, 0.29) is 26.1 Å². The number of nitrogens with one attached hydrogen (secondary N) is 6. The molecule has 0 aliphatic carbocycles. The van der Waals surface area contributed by atoms with Gasteiger partial charge in [-0.3, -0.25) is 38.4 Å². The fraction of sp³-hybridized carbons (Fsp3) is 0.680. The molecule has 17 nitrogen and oxygen atoms in total. The van der Waals surface area contributed by atoms with Crippen molar-refractivity contribution in [3.8, 4) is 0 Å². The predicted octanol–water partition coefficient (Wildman–Crippen LogP) is -4.55. The number of nitrogens with zero attached hydrogens (tertiary/aromatic N) is 1. The van der Waals surface area contributed by atoms with Crippen LogP contribution in [0.2, 0.25) is 0 Å². The lowest BCUT2D eigenvalue weighted by Gasteiger charge is -2.24. The largest absolute Gasteiger partial charge is 0.368 e. The van der Waals surface area contributed by atoms with Crippen LogP contribution >= 0.6 is 0 Å². The molecule has 1 saturated heterocycles. The second-order valence-electron chi connectivity index (χ2n) is 9.85. The Labute approximate surface area is 244 Å². The van der Waals surface area contributed by atoms with E-state index in [1.54, 1.807) is 0 Å². The second-order valence-corrected chi connectivity index (χ2v) is 9.85. The molecule has 1 rings (SSSR count). The van der Waals surface area contributed by atoms with Gasteiger partial charge in [0, 0.05) is 6.54 Å². The Balaban J connectivity index is 2.60. The zero-order valence-electron chi connectivity index (χ0n) is 24.2. The van der Waals surface area contributed by atoms with Crippen LogP contribution in [0.15, 0.2) is 0 Å². The van der Waals surface area contributed by atoms with Gasteiger partial charge in [-0.25, -0.2) is 0 Å². The second kappa shape index (κ2) is 18.2. The summed E-state index contributed by atoms with van der Waals surface area (Å²) in [6.45, 7) is 3.44. The van der Waals surface area contributed by atoms with Crippen molar-refractivity contribution in [1.82, 2.24) is 36.8 Å². The van der Waals surface area contributed by atoms with Gasteiger partial charge in [0.15, 0.2) is 0 Å². The molecule has 42 heavy (non-hydrogen) atoms. The number of amides is 8. The summed E-state index contributed by atoms with van der Waals surface area (Å²) in [6.07, 6.45) is 2.52. The minimum atomic E-state index is -0.971. The molecule has 1 aliphatic rings. The lowest BCUT2D eigenvalue weighted by Crippen LogP contribution is -2.54. The molecule has 1 heterocycles. The summed E-state index contributed by atoms with van der Waals surface area (Å²) in [6, 6.07) is -3.65.